The third kappa shape index (κ3) is 3.92. The lowest BCUT2D eigenvalue weighted by molar-refractivity contribution is -0.139. The first-order valence-corrected chi connectivity index (χ1v) is 10.4. The Morgan fingerprint density at radius 2 is 1.97 bits per heavy atom. The minimum absolute atomic E-state index is 0.0260. The Hall–Kier alpha value is -3.78. The summed E-state index contributed by atoms with van der Waals surface area (Å²) in [4.78, 5) is 23.6. The van der Waals surface area contributed by atoms with E-state index in [2.05, 4.69) is 15.1 Å². The van der Waals surface area contributed by atoms with Gasteiger partial charge in [-0.3, -0.25) is 9.78 Å². The van der Waals surface area contributed by atoms with Crippen LogP contribution in [0.25, 0.3) is 22.3 Å². The van der Waals surface area contributed by atoms with E-state index in [1.54, 1.807) is 18.2 Å². The quantitative estimate of drug-likeness (QED) is 0.479. The molecule has 1 saturated heterocycles. The van der Waals surface area contributed by atoms with E-state index < -0.39 is 6.10 Å². The molecule has 4 aromatic rings. The first-order chi connectivity index (χ1) is 15.7. The lowest BCUT2D eigenvalue weighted by Gasteiger charge is -2.31. The molecule has 8 nitrogen and oxygen atoms in total. The van der Waals surface area contributed by atoms with Gasteiger partial charge in [-0.25, -0.2) is 0 Å². The topological polar surface area (TPSA) is 90.6 Å². The standard InChI is InChI=1S/C24H22N4O4/c1-30-20-10-9-16(17-6-2-3-7-18(17)20)14-22(29)28-12-13-31-21(15-28)24-26-23(27-32-24)19-8-4-5-11-25-19/h2-11,21H,12-15H2,1H3. The molecule has 0 saturated carbocycles. The molecule has 0 N–H and O–H groups in total. The van der Waals surface area contributed by atoms with Crippen molar-refractivity contribution in [2.75, 3.05) is 26.8 Å². The van der Waals surface area contributed by atoms with Gasteiger partial charge in [-0.05, 0) is 29.1 Å². The van der Waals surface area contributed by atoms with E-state index in [0.717, 1.165) is 22.1 Å². The van der Waals surface area contributed by atoms with Crippen molar-refractivity contribution in [2.24, 2.45) is 0 Å². The van der Waals surface area contributed by atoms with Gasteiger partial charge >= 0.3 is 0 Å². The molecular formula is C24H22N4O4. The van der Waals surface area contributed by atoms with Crippen LogP contribution < -0.4 is 4.74 Å². The SMILES string of the molecule is COc1ccc(CC(=O)N2CCOC(c3nc(-c4ccccn4)no3)C2)c2ccccc12. The fraction of sp³-hybridized carbons (Fsp3) is 0.250. The Morgan fingerprint density at radius 3 is 2.78 bits per heavy atom. The van der Waals surface area contributed by atoms with Gasteiger partial charge in [-0.1, -0.05) is 41.6 Å². The number of amides is 1. The maximum Gasteiger partial charge on any atom is 0.257 e. The number of hydrogen-bond acceptors (Lipinski definition) is 7. The summed E-state index contributed by atoms with van der Waals surface area (Å²) in [5.74, 6) is 1.57. The second-order valence-corrected chi connectivity index (χ2v) is 7.52. The number of ether oxygens (including phenoxy) is 2. The van der Waals surface area contributed by atoms with E-state index in [-0.39, 0.29) is 5.91 Å². The molecule has 2 aromatic carbocycles. The third-order valence-corrected chi connectivity index (χ3v) is 5.57. The Morgan fingerprint density at radius 1 is 1.12 bits per heavy atom. The average Bonchev–Trinajstić information content (AvgIpc) is 3.35. The molecule has 0 radical (unpaired) electrons. The molecule has 1 amide bonds. The molecule has 1 atom stereocenters. The molecule has 5 rings (SSSR count). The molecule has 1 aliphatic rings. The van der Waals surface area contributed by atoms with Crippen molar-refractivity contribution in [3.8, 4) is 17.3 Å². The van der Waals surface area contributed by atoms with Crippen LogP contribution in [0.3, 0.4) is 0 Å². The van der Waals surface area contributed by atoms with Gasteiger partial charge in [0.05, 0.1) is 26.7 Å². The van der Waals surface area contributed by atoms with Gasteiger partial charge in [0.1, 0.15) is 11.4 Å². The Labute approximate surface area is 184 Å². The lowest BCUT2D eigenvalue weighted by Crippen LogP contribution is -2.43. The second-order valence-electron chi connectivity index (χ2n) is 7.52. The molecule has 32 heavy (non-hydrogen) atoms. The number of methoxy groups -OCH3 is 1. The van der Waals surface area contributed by atoms with Gasteiger partial charge in [0.15, 0.2) is 6.10 Å². The lowest BCUT2D eigenvalue weighted by atomic mass is 10.0. The summed E-state index contributed by atoms with van der Waals surface area (Å²) in [7, 11) is 1.65. The Balaban J connectivity index is 1.32. The van der Waals surface area contributed by atoms with Crippen LogP contribution >= 0.6 is 0 Å². The molecule has 1 unspecified atom stereocenters. The number of pyridine rings is 1. The first kappa shape index (κ1) is 20.1. The van der Waals surface area contributed by atoms with Crippen molar-refractivity contribution in [2.45, 2.75) is 12.5 Å². The number of hydrogen-bond donors (Lipinski definition) is 0. The smallest absolute Gasteiger partial charge is 0.257 e. The number of aromatic nitrogens is 3. The fourth-order valence-corrected chi connectivity index (χ4v) is 3.93. The third-order valence-electron chi connectivity index (χ3n) is 5.57. The van der Waals surface area contributed by atoms with E-state index in [4.69, 9.17) is 14.0 Å². The highest BCUT2D eigenvalue weighted by molar-refractivity contribution is 5.94. The van der Waals surface area contributed by atoms with E-state index in [1.165, 1.54) is 0 Å². The molecule has 0 aliphatic carbocycles. The maximum absolute atomic E-state index is 13.1. The molecule has 162 valence electrons. The number of benzene rings is 2. The molecule has 1 aliphatic heterocycles. The van der Waals surface area contributed by atoms with Gasteiger partial charge in [0.25, 0.3) is 5.89 Å². The van der Waals surface area contributed by atoms with Crippen molar-refractivity contribution < 1.29 is 18.8 Å². The van der Waals surface area contributed by atoms with Crippen LogP contribution in [0.1, 0.15) is 17.6 Å². The van der Waals surface area contributed by atoms with E-state index in [0.29, 0.717) is 43.5 Å². The monoisotopic (exact) mass is 430 g/mol. The number of rotatable bonds is 5. The normalized spacial score (nSPS) is 16.3. The molecule has 2 aromatic heterocycles. The molecule has 8 heteroatoms. The zero-order chi connectivity index (χ0) is 21.9. The molecule has 0 spiro atoms. The van der Waals surface area contributed by atoms with Gasteiger partial charge in [-0.2, -0.15) is 4.98 Å². The fourth-order valence-electron chi connectivity index (χ4n) is 3.93. The highest BCUT2D eigenvalue weighted by Crippen LogP contribution is 2.29. The Kier molecular flexibility index (Phi) is 5.51. The average molecular weight is 430 g/mol. The zero-order valence-electron chi connectivity index (χ0n) is 17.6. The number of carbonyl (C=O) groups is 1. The first-order valence-electron chi connectivity index (χ1n) is 10.4. The number of morpholine rings is 1. The molecular weight excluding hydrogens is 408 g/mol. The van der Waals surface area contributed by atoms with Crippen LogP contribution in [-0.4, -0.2) is 52.7 Å². The predicted molar refractivity (Wildman–Crippen MR) is 117 cm³/mol. The van der Waals surface area contributed by atoms with Gasteiger partial charge in [-0.15, -0.1) is 0 Å². The van der Waals surface area contributed by atoms with Crippen LogP contribution in [0.15, 0.2) is 65.3 Å². The van der Waals surface area contributed by atoms with Crippen LogP contribution in [0.4, 0.5) is 0 Å². The van der Waals surface area contributed by atoms with Gasteiger partial charge in [0.2, 0.25) is 11.7 Å². The van der Waals surface area contributed by atoms with Gasteiger partial charge in [0, 0.05) is 18.1 Å². The number of carbonyl (C=O) groups excluding carboxylic acids is 1. The van der Waals surface area contributed by atoms with Crippen LogP contribution in [-0.2, 0) is 16.0 Å². The summed E-state index contributed by atoms with van der Waals surface area (Å²) in [6.45, 7) is 1.28. The summed E-state index contributed by atoms with van der Waals surface area (Å²) in [6.07, 6.45) is 1.50. The molecule has 1 fully saturated rings. The summed E-state index contributed by atoms with van der Waals surface area (Å²) in [6, 6.07) is 17.3. The van der Waals surface area contributed by atoms with Crippen molar-refractivity contribution >= 4 is 16.7 Å². The second kappa shape index (κ2) is 8.76. The van der Waals surface area contributed by atoms with E-state index in [1.807, 2.05) is 54.6 Å². The van der Waals surface area contributed by atoms with Crippen LogP contribution in [0.5, 0.6) is 5.75 Å². The summed E-state index contributed by atoms with van der Waals surface area (Å²) in [5.41, 5.74) is 1.59. The summed E-state index contributed by atoms with van der Waals surface area (Å²) >= 11 is 0. The minimum Gasteiger partial charge on any atom is -0.496 e. The van der Waals surface area contributed by atoms with E-state index in [9.17, 15) is 4.79 Å². The summed E-state index contributed by atoms with van der Waals surface area (Å²) < 4.78 is 16.7. The summed E-state index contributed by atoms with van der Waals surface area (Å²) in [5, 5.41) is 6.02. The van der Waals surface area contributed by atoms with Crippen LogP contribution in [0, 0.1) is 0 Å². The number of fused-ring (bicyclic) bond motifs is 1. The number of nitrogens with zero attached hydrogens (tertiary/aromatic N) is 4. The van der Waals surface area contributed by atoms with Gasteiger partial charge < -0.3 is 18.9 Å². The largest absolute Gasteiger partial charge is 0.496 e. The van der Waals surface area contributed by atoms with Crippen LogP contribution in [0.2, 0.25) is 0 Å². The van der Waals surface area contributed by atoms with E-state index >= 15 is 0 Å². The highest BCUT2D eigenvalue weighted by atomic mass is 16.5. The zero-order valence-corrected chi connectivity index (χ0v) is 17.6. The van der Waals surface area contributed by atoms with Crippen molar-refractivity contribution in [3.05, 3.63) is 72.2 Å². The molecule has 0 bridgehead atoms. The predicted octanol–water partition coefficient (Wildman–Crippen LogP) is 3.44. The minimum atomic E-state index is -0.467. The van der Waals surface area contributed by atoms with Crippen molar-refractivity contribution in [3.63, 3.8) is 0 Å². The highest BCUT2D eigenvalue weighted by Gasteiger charge is 2.30. The van der Waals surface area contributed by atoms with Crippen molar-refractivity contribution in [1.82, 2.24) is 20.0 Å². The maximum atomic E-state index is 13.1. The molecule has 3 heterocycles. The van der Waals surface area contributed by atoms with Crippen molar-refractivity contribution in [1.29, 1.82) is 0 Å². The Bertz CT molecular complexity index is 1240.